The van der Waals surface area contributed by atoms with Gasteiger partial charge in [0.15, 0.2) is 0 Å². The van der Waals surface area contributed by atoms with Crippen molar-refractivity contribution in [1.29, 1.82) is 0 Å². The quantitative estimate of drug-likeness (QED) is 0.474. The Morgan fingerprint density at radius 1 is 1.30 bits per heavy atom. The fourth-order valence-corrected chi connectivity index (χ4v) is 3.05. The molecule has 5 heteroatoms. The zero-order valence-corrected chi connectivity index (χ0v) is 7.46. The SMILES string of the molecule is O=S([O-])C1C(Cl)CCC1Cl. The number of halogens is 2. The number of hydrogen-bond donors (Lipinski definition) is 0. The van der Waals surface area contributed by atoms with Crippen molar-refractivity contribution in [1.82, 2.24) is 0 Å². The zero-order valence-electron chi connectivity index (χ0n) is 5.13. The predicted octanol–water partition coefficient (Wildman–Crippen LogP) is 1.24. The van der Waals surface area contributed by atoms with Crippen molar-refractivity contribution in [3.05, 3.63) is 0 Å². The van der Waals surface area contributed by atoms with E-state index in [1.807, 2.05) is 0 Å². The molecule has 0 radical (unpaired) electrons. The summed E-state index contributed by atoms with van der Waals surface area (Å²) in [5, 5.41) is -1.13. The average Bonchev–Trinajstić information content (AvgIpc) is 2.11. The van der Waals surface area contributed by atoms with Crippen molar-refractivity contribution in [2.24, 2.45) is 0 Å². The van der Waals surface area contributed by atoms with Gasteiger partial charge < -0.3 is 4.55 Å². The zero-order chi connectivity index (χ0) is 7.72. The first kappa shape index (κ1) is 8.78. The van der Waals surface area contributed by atoms with E-state index >= 15 is 0 Å². The second kappa shape index (κ2) is 3.39. The van der Waals surface area contributed by atoms with Crippen LogP contribution in [0, 0.1) is 0 Å². The van der Waals surface area contributed by atoms with Crippen LogP contribution in [0.5, 0.6) is 0 Å². The van der Waals surface area contributed by atoms with Crippen LogP contribution in [0.15, 0.2) is 0 Å². The Bertz CT molecular complexity index is 143. The third-order valence-corrected chi connectivity index (χ3v) is 4.03. The van der Waals surface area contributed by atoms with Crippen molar-refractivity contribution >= 4 is 34.3 Å². The molecule has 0 aromatic carbocycles. The van der Waals surface area contributed by atoms with Gasteiger partial charge in [0.05, 0.1) is 5.25 Å². The smallest absolute Gasteiger partial charge is 0.0543 e. The van der Waals surface area contributed by atoms with Crippen LogP contribution in [0.2, 0.25) is 0 Å². The second-order valence-electron chi connectivity index (χ2n) is 2.33. The topological polar surface area (TPSA) is 40.1 Å². The molecule has 1 saturated carbocycles. The molecule has 0 aromatic rings. The highest BCUT2D eigenvalue weighted by atomic mass is 35.5. The van der Waals surface area contributed by atoms with Crippen LogP contribution in [-0.2, 0) is 11.1 Å². The van der Waals surface area contributed by atoms with E-state index in [4.69, 9.17) is 23.2 Å². The van der Waals surface area contributed by atoms with Gasteiger partial charge in [-0.05, 0) is 23.9 Å². The summed E-state index contributed by atoms with van der Waals surface area (Å²) in [6.45, 7) is 0. The average molecular weight is 202 g/mol. The van der Waals surface area contributed by atoms with Gasteiger partial charge in [0.1, 0.15) is 0 Å². The first-order chi connectivity index (χ1) is 4.63. The third kappa shape index (κ3) is 1.64. The lowest BCUT2D eigenvalue weighted by atomic mass is 10.4. The molecule has 2 nitrogen and oxygen atoms in total. The maximum absolute atomic E-state index is 10.5. The summed E-state index contributed by atoms with van der Waals surface area (Å²) in [7, 11) is 0. The van der Waals surface area contributed by atoms with Crippen LogP contribution in [0.25, 0.3) is 0 Å². The Hall–Kier alpha value is 0.690. The molecule has 3 atom stereocenters. The third-order valence-electron chi connectivity index (χ3n) is 1.65. The summed E-state index contributed by atoms with van der Waals surface area (Å²) in [6, 6.07) is 0. The molecule has 60 valence electrons. The Morgan fingerprint density at radius 3 is 1.90 bits per heavy atom. The first-order valence-electron chi connectivity index (χ1n) is 2.99. The lowest BCUT2D eigenvalue weighted by Crippen LogP contribution is -2.27. The molecule has 1 fully saturated rings. The molecule has 0 amide bonds. The minimum Gasteiger partial charge on any atom is -0.772 e. The lowest BCUT2D eigenvalue weighted by Gasteiger charge is -2.19. The summed E-state index contributed by atoms with van der Waals surface area (Å²) >= 11 is 9.27. The van der Waals surface area contributed by atoms with Gasteiger partial charge in [-0.15, -0.1) is 23.2 Å². The van der Waals surface area contributed by atoms with Crippen LogP contribution < -0.4 is 0 Å². The molecular formula is C5H7Cl2O2S-. The molecule has 10 heavy (non-hydrogen) atoms. The van der Waals surface area contributed by atoms with Crippen molar-refractivity contribution < 1.29 is 8.76 Å². The van der Waals surface area contributed by atoms with Crippen LogP contribution >= 0.6 is 23.2 Å². The summed E-state index contributed by atoms with van der Waals surface area (Å²) in [5.41, 5.74) is 0. The maximum atomic E-state index is 10.5. The molecule has 3 unspecified atom stereocenters. The van der Waals surface area contributed by atoms with E-state index < -0.39 is 16.3 Å². The van der Waals surface area contributed by atoms with Gasteiger partial charge in [-0.1, -0.05) is 0 Å². The van der Waals surface area contributed by atoms with Crippen LogP contribution in [0.1, 0.15) is 12.8 Å². The molecule has 0 aliphatic heterocycles. The van der Waals surface area contributed by atoms with Crippen molar-refractivity contribution in [3.8, 4) is 0 Å². The number of hydrogen-bond acceptors (Lipinski definition) is 2. The van der Waals surface area contributed by atoms with E-state index in [9.17, 15) is 8.76 Å². The Kier molecular flexibility index (Phi) is 2.98. The van der Waals surface area contributed by atoms with Crippen LogP contribution in [0.4, 0.5) is 0 Å². The summed E-state index contributed by atoms with van der Waals surface area (Å²) < 4.78 is 20.9. The molecule has 1 rings (SSSR count). The molecule has 1 aliphatic carbocycles. The minimum absolute atomic E-state index is 0.291. The van der Waals surface area contributed by atoms with E-state index in [0.717, 1.165) is 0 Å². The largest absolute Gasteiger partial charge is 0.772 e. The minimum atomic E-state index is -2.11. The van der Waals surface area contributed by atoms with Gasteiger partial charge in [-0.3, -0.25) is 4.21 Å². The molecule has 0 aromatic heterocycles. The van der Waals surface area contributed by atoms with E-state index in [1.54, 1.807) is 0 Å². The Balaban J connectivity index is 2.63. The van der Waals surface area contributed by atoms with Gasteiger partial charge in [0.25, 0.3) is 0 Å². The maximum Gasteiger partial charge on any atom is 0.0543 e. The second-order valence-corrected chi connectivity index (χ2v) is 4.52. The normalized spacial score (nSPS) is 43.7. The highest BCUT2D eigenvalue weighted by Gasteiger charge is 2.34. The van der Waals surface area contributed by atoms with Gasteiger partial charge >= 0.3 is 0 Å². The standard InChI is InChI=1S/C5H8Cl2O2S/c6-3-1-2-4(7)5(3)10(8)9/h3-5H,1-2H2,(H,8,9)/p-1. The molecule has 0 heterocycles. The lowest BCUT2D eigenvalue weighted by molar-refractivity contribution is 0.523. The predicted molar refractivity (Wildman–Crippen MR) is 41.2 cm³/mol. The van der Waals surface area contributed by atoms with E-state index in [-0.39, 0.29) is 10.8 Å². The molecule has 0 saturated heterocycles. The highest BCUT2D eigenvalue weighted by Crippen LogP contribution is 2.31. The van der Waals surface area contributed by atoms with Gasteiger partial charge in [-0.2, -0.15) is 0 Å². The van der Waals surface area contributed by atoms with Gasteiger partial charge in [0.2, 0.25) is 0 Å². The van der Waals surface area contributed by atoms with Crippen LogP contribution in [-0.4, -0.2) is 24.8 Å². The Morgan fingerprint density at radius 2 is 1.70 bits per heavy atom. The van der Waals surface area contributed by atoms with E-state index in [2.05, 4.69) is 0 Å². The molecule has 0 spiro atoms. The first-order valence-corrected chi connectivity index (χ1v) is 5.00. The molecule has 0 bridgehead atoms. The van der Waals surface area contributed by atoms with Crippen LogP contribution in [0.3, 0.4) is 0 Å². The fourth-order valence-electron chi connectivity index (χ4n) is 1.11. The Labute approximate surface area is 72.2 Å². The fraction of sp³-hybridized carbons (Fsp3) is 1.00. The number of alkyl halides is 2. The van der Waals surface area contributed by atoms with Crippen molar-refractivity contribution in [2.75, 3.05) is 0 Å². The monoisotopic (exact) mass is 201 g/mol. The molecule has 0 N–H and O–H groups in total. The molecular weight excluding hydrogens is 195 g/mol. The molecule has 1 aliphatic rings. The number of rotatable bonds is 1. The summed E-state index contributed by atoms with van der Waals surface area (Å²) in [4.78, 5) is 0. The van der Waals surface area contributed by atoms with Gasteiger partial charge in [-0.25, -0.2) is 0 Å². The van der Waals surface area contributed by atoms with E-state index in [1.165, 1.54) is 0 Å². The van der Waals surface area contributed by atoms with Crippen molar-refractivity contribution in [3.63, 3.8) is 0 Å². The summed E-state index contributed by atoms with van der Waals surface area (Å²) in [6.07, 6.45) is 1.41. The van der Waals surface area contributed by atoms with Crippen molar-refractivity contribution in [2.45, 2.75) is 28.8 Å². The van der Waals surface area contributed by atoms with Gasteiger partial charge in [0, 0.05) is 10.8 Å². The van der Waals surface area contributed by atoms with E-state index in [0.29, 0.717) is 12.8 Å². The summed E-state index contributed by atoms with van der Waals surface area (Å²) in [5.74, 6) is 0. The highest BCUT2D eigenvalue weighted by molar-refractivity contribution is 7.80.